The summed E-state index contributed by atoms with van der Waals surface area (Å²) in [6.45, 7) is 6.34. The highest BCUT2D eigenvalue weighted by Crippen LogP contribution is 2.42. The van der Waals surface area contributed by atoms with Crippen LogP contribution in [0.2, 0.25) is 5.02 Å². The molecule has 10 heteroatoms. The molecule has 0 radical (unpaired) electrons. The Balaban J connectivity index is 0.000000427. The van der Waals surface area contributed by atoms with E-state index in [1.807, 2.05) is 18.2 Å². The lowest BCUT2D eigenvalue weighted by Gasteiger charge is -2.34. The molecule has 2 aromatic carbocycles. The van der Waals surface area contributed by atoms with Gasteiger partial charge in [-0.2, -0.15) is 0 Å². The first-order valence-electron chi connectivity index (χ1n) is 9.97. The number of carboxylic acid groups (broad SMARTS) is 2. The van der Waals surface area contributed by atoms with Gasteiger partial charge in [-0.15, -0.1) is 0 Å². The summed E-state index contributed by atoms with van der Waals surface area (Å²) in [5.74, 6) is -1.41. The SMILES string of the molecule is COc1cc(CN2CCN(Cc3ccc(Cl)cc3)CC2)cc2c1OCO2.O=C(O)C(=O)O. The van der Waals surface area contributed by atoms with Gasteiger partial charge in [0, 0.05) is 44.3 Å². The molecule has 2 heterocycles. The minimum absolute atomic E-state index is 0.262. The van der Waals surface area contributed by atoms with Crippen molar-refractivity contribution >= 4 is 23.5 Å². The van der Waals surface area contributed by atoms with E-state index in [1.165, 1.54) is 11.1 Å². The number of nitrogens with zero attached hydrogens (tertiary/aromatic N) is 2. The molecule has 0 spiro atoms. The van der Waals surface area contributed by atoms with Crippen LogP contribution in [0, 0.1) is 0 Å². The third-order valence-corrected chi connectivity index (χ3v) is 5.34. The number of benzene rings is 2. The highest BCUT2D eigenvalue weighted by Gasteiger charge is 2.22. The van der Waals surface area contributed by atoms with E-state index in [1.54, 1.807) is 7.11 Å². The van der Waals surface area contributed by atoms with Gasteiger partial charge in [0.2, 0.25) is 12.5 Å². The molecule has 2 aliphatic rings. The van der Waals surface area contributed by atoms with Crippen LogP contribution in [-0.2, 0) is 22.7 Å². The summed E-state index contributed by atoms with van der Waals surface area (Å²) in [6.07, 6.45) is 0. The number of ether oxygens (including phenoxy) is 3. The number of carbonyl (C=O) groups is 2. The topological polar surface area (TPSA) is 109 Å². The van der Waals surface area contributed by atoms with Crippen LogP contribution >= 0.6 is 11.6 Å². The number of aliphatic carboxylic acids is 2. The Bertz CT molecular complexity index is 932. The Morgan fingerprint density at radius 1 is 0.938 bits per heavy atom. The molecule has 1 fully saturated rings. The Kier molecular flexibility index (Phi) is 8.15. The van der Waals surface area contributed by atoms with Crippen molar-refractivity contribution in [3.05, 3.63) is 52.5 Å². The van der Waals surface area contributed by atoms with Crippen LogP contribution in [-0.4, -0.2) is 72.0 Å². The quantitative estimate of drug-likeness (QED) is 0.645. The fraction of sp³-hybridized carbons (Fsp3) is 0.364. The molecule has 0 atom stereocenters. The Labute approximate surface area is 190 Å². The second-order valence-electron chi connectivity index (χ2n) is 7.32. The molecule has 0 bridgehead atoms. The van der Waals surface area contributed by atoms with Crippen molar-refractivity contribution in [2.75, 3.05) is 40.1 Å². The second kappa shape index (κ2) is 11.0. The van der Waals surface area contributed by atoms with Crippen molar-refractivity contribution < 1.29 is 34.0 Å². The summed E-state index contributed by atoms with van der Waals surface area (Å²) >= 11 is 5.96. The van der Waals surface area contributed by atoms with Gasteiger partial charge in [0.05, 0.1) is 7.11 Å². The lowest BCUT2D eigenvalue weighted by Crippen LogP contribution is -2.45. The first-order valence-corrected chi connectivity index (χ1v) is 10.4. The normalized spacial score (nSPS) is 15.6. The maximum Gasteiger partial charge on any atom is 0.414 e. The molecule has 4 rings (SSSR count). The molecule has 1 saturated heterocycles. The van der Waals surface area contributed by atoms with E-state index in [2.05, 4.69) is 28.0 Å². The third kappa shape index (κ3) is 6.49. The van der Waals surface area contributed by atoms with Crippen LogP contribution in [0.4, 0.5) is 0 Å². The van der Waals surface area contributed by atoms with Gasteiger partial charge in [0.15, 0.2) is 11.5 Å². The number of fused-ring (bicyclic) bond motifs is 1. The zero-order chi connectivity index (χ0) is 23.1. The lowest BCUT2D eigenvalue weighted by atomic mass is 10.1. The fourth-order valence-electron chi connectivity index (χ4n) is 3.49. The number of hydrogen-bond donors (Lipinski definition) is 2. The Morgan fingerprint density at radius 3 is 2.03 bits per heavy atom. The Morgan fingerprint density at radius 2 is 1.50 bits per heavy atom. The highest BCUT2D eigenvalue weighted by molar-refractivity contribution is 6.30. The summed E-state index contributed by atoms with van der Waals surface area (Å²) in [5, 5.41) is 15.6. The van der Waals surface area contributed by atoms with Crippen molar-refractivity contribution in [1.29, 1.82) is 0 Å². The van der Waals surface area contributed by atoms with Gasteiger partial charge in [-0.25, -0.2) is 9.59 Å². The van der Waals surface area contributed by atoms with Crippen molar-refractivity contribution in [1.82, 2.24) is 9.80 Å². The van der Waals surface area contributed by atoms with Gasteiger partial charge in [-0.3, -0.25) is 9.80 Å². The summed E-state index contributed by atoms with van der Waals surface area (Å²) in [5.41, 5.74) is 2.50. The van der Waals surface area contributed by atoms with Crippen LogP contribution in [0.1, 0.15) is 11.1 Å². The number of hydrogen-bond acceptors (Lipinski definition) is 7. The molecule has 2 N–H and O–H groups in total. The molecule has 32 heavy (non-hydrogen) atoms. The van der Waals surface area contributed by atoms with E-state index in [9.17, 15) is 0 Å². The number of carboxylic acids is 2. The monoisotopic (exact) mass is 464 g/mol. The maximum atomic E-state index is 9.10. The van der Waals surface area contributed by atoms with Crippen molar-refractivity contribution in [3.63, 3.8) is 0 Å². The first-order chi connectivity index (χ1) is 15.4. The third-order valence-electron chi connectivity index (χ3n) is 5.09. The first kappa shape index (κ1) is 23.6. The zero-order valence-corrected chi connectivity index (χ0v) is 18.4. The van der Waals surface area contributed by atoms with Crippen molar-refractivity contribution in [2.45, 2.75) is 13.1 Å². The number of rotatable bonds is 5. The van der Waals surface area contributed by atoms with Crippen LogP contribution < -0.4 is 14.2 Å². The highest BCUT2D eigenvalue weighted by atomic mass is 35.5. The summed E-state index contributed by atoms with van der Waals surface area (Å²) in [7, 11) is 1.66. The average Bonchev–Trinajstić information content (AvgIpc) is 3.25. The molecule has 172 valence electrons. The predicted octanol–water partition coefficient (Wildman–Crippen LogP) is 2.55. The molecule has 2 aliphatic heterocycles. The Hall–Kier alpha value is -3.01. The van der Waals surface area contributed by atoms with Crippen molar-refractivity contribution in [2.24, 2.45) is 0 Å². The van der Waals surface area contributed by atoms with E-state index in [-0.39, 0.29) is 6.79 Å². The molecule has 9 nitrogen and oxygen atoms in total. The molecule has 0 unspecified atom stereocenters. The predicted molar refractivity (Wildman–Crippen MR) is 116 cm³/mol. The molecule has 0 aliphatic carbocycles. The van der Waals surface area contributed by atoms with Gasteiger partial charge < -0.3 is 24.4 Å². The smallest absolute Gasteiger partial charge is 0.414 e. The average molecular weight is 465 g/mol. The van der Waals surface area contributed by atoms with Crippen LogP contribution in [0.25, 0.3) is 0 Å². The van der Waals surface area contributed by atoms with Gasteiger partial charge in [0.1, 0.15) is 0 Å². The van der Waals surface area contributed by atoms with E-state index in [4.69, 9.17) is 45.6 Å². The number of methoxy groups -OCH3 is 1. The van der Waals surface area contributed by atoms with Gasteiger partial charge in [-0.05, 0) is 35.4 Å². The largest absolute Gasteiger partial charge is 0.493 e. The minimum Gasteiger partial charge on any atom is -0.493 e. The maximum absolute atomic E-state index is 9.10. The number of piperazine rings is 1. The fourth-order valence-corrected chi connectivity index (χ4v) is 3.61. The van der Waals surface area contributed by atoms with Crippen LogP contribution in [0.5, 0.6) is 17.2 Å². The molecule has 0 saturated carbocycles. The van der Waals surface area contributed by atoms with Gasteiger partial charge in [-0.1, -0.05) is 23.7 Å². The molecular formula is C22H25ClN2O7. The second-order valence-corrected chi connectivity index (χ2v) is 7.76. The summed E-state index contributed by atoms with van der Waals surface area (Å²) in [6, 6.07) is 12.2. The number of halogens is 1. The van der Waals surface area contributed by atoms with Crippen LogP contribution in [0.3, 0.4) is 0 Å². The van der Waals surface area contributed by atoms with Gasteiger partial charge in [0.25, 0.3) is 0 Å². The molecule has 2 aromatic rings. The van der Waals surface area contributed by atoms with Crippen molar-refractivity contribution in [3.8, 4) is 17.2 Å². The van der Waals surface area contributed by atoms with E-state index in [0.717, 1.165) is 55.8 Å². The standard InChI is InChI=1S/C20H23ClN2O3.C2H2O4/c1-24-18-10-16(11-19-20(18)26-14-25-19)13-23-8-6-22(7-9-23)12-15-2-4-17(21)5-3-15;3-1(4)2(5)6/h2-5,10-11H,6-9,12-14H2,1H3;(H,3,4)(H,5,6). The van der Waals surface area contributed by atoms with E-state index in [0.29, 0.717) is 5.75 Å². The molecular weight excluding hydrogens is 440 g/mol. The summed E-state index contributed by atoms with van der Waals surface area (Å²) in [4.78, 5) is 23.2. The van der Waals surface area contributed by atoms with E-state index < -0.39 is 11.9 Å². The van der Waals surface area contributed by atoms with E-state index >= 15 is 0 Å². The minimum atomic E-state index is -1.82. The lowest BCUT2D eigenvalue weighted by molar-refractivity contribution is -0.159. The summed E-state index contributed by atoms with van der Waals surface area (Å²) < 4.78 is 16.4. The zero-order valence-electron chi connectivity index (χ0n) is 17.6. The molecule has 0 aromatic heterocycles. The van der Waals surface area contributed by atoms with Gasteiger partial charge >= 0.3 is 11.9 Å². The van der Waals surface area contributed by atoms with Crippen LogP contribution in [0.15, 0.2) is 36.4 Å². The molecule has 0 amide bonds.